The molecule has 4 rings (SSSR count). The van der Waals surface area contributed by atoms with Crippen LogP contribution in [0.5, 0.6) is 5.75 Å². The van der Waals surface area contributed by atoms with Crippen molar-refractivity contribution in [3.8, 4) is 22.7 Å². The molecule has 0 spiro atoms. The van der Waals surface area contributed by atoms with E-state index in [9.17, 15) is 9.59 Å². The van der Waals surface area contributed by atoms with Crippen molar-refractivity contribution >= 4 is 40.5 Å². The monoisotopic (exact) mass is 460 g/mol. The minimum absolute atomic E-state index is 0.0480. The Morgan fingerprint density at radius 2 is 1.97 bits per heavy atom. The Morgan fingerprint density at radius 1 is 1.23 bits per heavy atom. The lowest BCUT2D eigenvalue weighted by Crippen LogP contribution is -2.41. The summed E-state index contributed by atoms with van der Waals surface area (Å²) in [5.41, 5.74) is 1.52. The molecule has 30 heavy (non-hydrogen) atoms. The van der Waals surface area contributed by atoms with Gasteiger partial charge in [0.05, 0.1) is 18.6 Å². The molecule has 0 saturated heterocycles. The lowest BCUT2D eigenvalue weighted by Gasteiger charge is -1.98. The zero-order valence-corrected chi connectivity index (χ0v) is 18.0. The molecular formula is C20H15ClN3O4S2+. The summed E-state index contributed by atoms with van der Waals surface area (Å²) in [5.74, 6) is 0.342. The number of benzene rings is 2. The molecule has 0 aliphatic rings. The highest BCUT2D eigenvalue weighted by Crippen LogP contribution is 2.29. The SMILES string of the molecule is COc1ccc(-[n+]2[nH]oc(=O)c2C(=O)CSc2nc(-c3ccc(Cl)cc3)cs2)cc1. The first-order valence-corrected chi connectivity index (χ1v) is 10.9. The number of hydrogen-bond acceptors (Lipinski definition) is 7. The second kappa shape index (κ2) is 8.86. The van der Waals surface area contributed by atoms with Gasteiger partial charge in [0, 0.05) is 28.1 Å². The van der Waals surface area contributed by atoms with E-state index in [1.54, 1.807) is 43.5 Å². The molecule has 0 amide bonds. The zero-order chi connectivity index (χ0) is 21.1. The number of methoxy groups -OCH3 is 1. The van der Waals surface area contributed by atoms with E-state index in [1.807, 2.05) is 17.5 Å². The lowest BCUT2D eigenvalue weighted by molar-refractivity contribution is -0.672. The summed E-state index contributed by atoms with van der Waals surface area (Å²) in [4.78, 5) is 29.4. The van der Waals surface area contributed by atoms with Crippen molar-refractivity contribution in [1.29, 1.82) is 0 Å². The molecule has 2 aromatic carbocycles. The smallest absolute Gasteiger partial charge is 0.438 e. The molecule has 1 N–H and O–H groups in total. The topological polar surface area (TPSA) is 89.1 Å². The highest BCUT2D eigenvalue weighted by Gasteiger charge is 2.30. The minimum Gasteiger partial charge on any atom is -0.497 e. The number of thiazole rings is 1. The predicted octanol–water partition coefficient (Wildman–Crippen LogP) is 4.01. The number of H-pyrrole nitrogens is 1. The molecule has 0 unspecified atom stereocenters. The molecule has 0 atom stereocenters. The van der Waals surface area contributed by atoms with E-state index < -0.39 is 5.63 Å². The number of ketones is 1. The number of halogens is 1. The second-order valence-electron chi connectivity index (χ2n) is 6.08. The van der Waals surface area contributed by atoms with Crippen LogP contribution in [0.15, 0.2) is 67.6 Å². The van der Waals surface area contributed by atoms with Crippen molar-refractivity contribution in [2.45, 2.75) is 4.34 Å². The van der Waals surface area contributed by atoms with E-state index in [0.29, 0.717) is 16.5 Å². The normalized spacial score (nSPS) is 10.9. The number of thioether (sulfide) groups is 1. The van der Waals surface area contributed by atoms with Crippen molar-refractivity contribution in [2.24, 2.45) is 0 Å². The van der Waals surface area contributed by atoms with Crippen LogP contribution in [-0.4, -0.2) is 28.9 Å². The molecule has 4 aromatic rings. The molecule has 0 fully saturated rings. The maximum Gasteiger partial charge on any atom is 0.438 e. The average molecular weight is 461 g/mol. The minimum atomic E-state index is -0.725. The molecule has 0 aliphatic heterocycles. The molecule has 0 bridgehead atoms. The van der Waals surface area contributed by atoms with E-state index in [-0.39, 0.29) is 17.2 Å². The van der Waals surface area contributed by atoms with Crippen LogP contribution in [0, 0.1) is 0 Å². The van der Waals surface area contributed by atoms with Gasteiger partial charge in [-0.1, -0.05) is 35.5 Å². The fraction of sp³-hybridized carbons (Fsp3) is 0.100. The first kappa shape index (κ1) is 20.4. The number of carbonyl (C=O) groups excluding carboxylic acids is 1. The van der Waals surface area contributed by atoms with Crippen molar-refractivity contribution in [3.05, 3.63) is 75.0 Å². The summed E-state index contributed by atoms with van der Waals surface area (Å²) in [7, 11) is 1.56. The first-order chi connectivity index (χ1) is 14.5. The van der Waals surface area contributed by atoms with Gasteiger partial charge in [-0.3, -0.25) is 9.32 Å². The maximum atomic E-state index is 12.7. The third kappa shape index (κ3) is 4.33. The Morgan fingerprint density at radius 3 is 2.67 bits per heavy atom. The van der Waals surface area contributed by atoms with Gasteiger partial charge in [0.25, 0.3) is 0 Å². The number of nitrogens with zero attached hydrogens (tertiary/aromatic N) is 2. The van der Waals surface area contributed by atoms with Gasteiger partial charge in [0.1, 0.15) is 5.75 Å². The number of rotatable bonds is 7. The van der Waals surface area contributed by atoms with E-state index in [0.717, 1.165) is 15.6 Å². The van der Waals surface area contributed by atoms with Gasteiger partial charge in [-0.25, -0.2) is 9.78 Å². The predicted molar refractivity (Wildman–Crippen MR) is 115 cm³/mol. The molecule has 0 aliphatic carbocycles. The molecule has 0 saturated carbocycles. The highest BCUT2D eigenvalue weighted by molar-refractivity contribution is 8.01. The maximum absolute atomic E-state index is 12.7. The molecular weight excluding hydrogens is 446 g/mol. The van der Waals surface area contributed by atoms with Crippen LogP contribution >= 0.6 is 34.7 Å². The fourth-order valence-corrected chi connectivity index (χ4v) is 4.52. The Hall–Kier alpha value is -2.88. The Labute approximate surface area is 184 Å². The van der Waals surface area contributed by atoms with Crippen molar-refractivity contribution in [3.63, 3.8) is 0 Å². The number of aromatic amines is 1. The van der Waals surface area contributed by atoms with Gasteiger partial charge in [0.15, 0.2) is 4.34 Å². The van der Waals surface area contributed by atoms with Crippen LogP contribution in [-0.2, 0) is 0 Å². The van der Waals surface area contributed by atoms with Gasteiger partial charge >= 0.3 is 11.3 Å². The fourth-order valence-electron chi connectivity index (χ4n) is 2.70. The Bertz CT molecular complexity index is 1230. The van der Waals surface area contributed by atoms with Crippen molar-refractivity contribution in [2.75, 3.05) is 12.9 Å². The van der Waals surface area contributed by atoms with E-state index in [4.69, 9.17) is 20.9 Å². The van der Waals surface area contributed by atoms with Crippen LogP contribution in [0.3, 0.4) is 0 Å². The molecule has 2 heterocycles. The molecule has 152 valence electrons. The van der Waals surface area contributed by atoms with E-state index in [1.165, 1.54) is 27.8 Å². The third-order valence-electron chi connectivity index (χ3n) is 4.19. The number of hydrogen-bond donors (Lipinski definition) is 1. The number of aromatic nitrogens is 3. The Balaban J connectivity index is 1.49. The lowest BCUT2D eigenvalue weighted by atomic mass is 10.2. The summed E-state index contributed by atoms with van der Waals surface area (Å²) in [6.45, 7) is 0. The number of ether oxygens (including phenoxy) is 1. The summed E-state index contributed by atoms with van der Waals surface area (Å²) in [5, 5.41) is 5.04. The number of nitrogens with one attached hydrogen (secondary N) is 1. The summed E-state index contributed by atoms with van der Waals surface area (Å²) in [6, 6.07) is 14.3. The van der Waals surface area contributed by atoms with Crippen molar-refractivity contribution in [1.82, 2.24) is 10.3 Å². The quantitative estimate of drug-likeness (QED) is 0.255. The second-order valence-corrected chi connectivity index (χ2v) is 8.60. The van der Waals surface area contributed by atoms with Crippen LogP contribution in [0.2, 0.25) is 5.02 Å². The van der Waals surface area contributed by atoms with E-state index >= 15 is 0 Å². The van der Waals surface area contributed by atoms with Gasteiger partial charge < -0.3 is 4.74 Å². The van der Waals surface area contributed by atoms with Crippen molar-refractivity contribution < 1.29 is 18.7 Å². The summed E-state index contributed by atoms with van der Waals surface area (Å²) >= 11 is 8.62. The van der Waals surface area contributed by atoms with Gasteiger partial charge in [0.2, 0.25) is 11.5 Å². The number of carbonyl (C=O) groups is 1. The number of Topliss-reactive ketones (excluding diaryl/α,β-unsaturated/α-hetero) is 1. The first-order valence-electron chi connectivity index (χ1n) is 8.70. The zero-order valence-electron chi connectivity index (χ0n) is 15.6. The van der Waals surface area contributed by atoms with Gasteiger partial charge in [-0.05, 0) is 34.2 Å². The summed E-state index contributed by atoms with van der Waals surface area (Å²) in [6.07, 6.45) is 0. The molecule has 7 nitrogen and oxygen atoms in total. The molecule has 10 heteroatoms. The largest absolute Gasteiger partial charge is 0.497 e. The summed E-state index contributed by atoms with van der Waals surface area (Å²) < 4.78 is 12.0. The third-order valence-corrected chi connectivity index (χ3v) is 6.46. The van der Waals surface area contributed by atoms with Gasteiger partial charge in [-0.15, -0.1) is 11.3 Å². The molecule has 2 aromatic heterocycles. The Kier molecular flexibility index (Phi) is 6.03. The molecule has 0 radical (unpaired) electrons. The van der Waals surface area contributed by atoms with E-state index in [2.05, 4.69) is 10.3 Å². The van der Waals surface area contributed by atoms with Crippen LogP contribution in [0.1, 0.15) is 10.5 Å². The van der Waals surface area contributed by atoms with Gasteiger partial charge in [-0.2, -0.15) is 0 Å². The van der Waals surface area contributed by atoms with Crippen LogP contribution in [0.25, 0.3) is 16.9 Å². The highest BCUT2D eigenvalue weighted by atomic mass is 35.5. The standard InChI is InChI=1S/C20H14ClN3O4S2/c1-27-15-8-6-14(7-9-15)24-18(19(26)28-23-24)17(25)11-30-20-22-16(10-29-20)12-2-4-13(21)5-3-12/h2-10H,11H2,1H3/p+1. The van der Waals surface area contributed by atoms with Crippen LogP contribution in [0.4, 0.5) is 0 Å². The average Bonchev–Trinajstić information content (AvgIpc) is 3.39. The van der Waals surface area contributed by atoms with Crippen LogP contribution < -0.4 is 15.0 Å².